The van der Waals surface area contributed by atoms with Crippen molar-refractivity contribution in [1.82, 2.24) is 0 Å². The predicted molar refractivity (Wildman–Crippen MR) is 161 cm³/mol. The summed E-state index contributed by atoms with van der Waals surface area (Å²) in [6.07, 6.45) is 3.64. The van der Waals surface area contributed by atoms with Gasteiger partial charge in [-0.05, 0) is 63.1 Å². The number of nitrogens with one attached hydrogen (secondary N) is 2. The highest BCUT2D eigenvalue weighted by molar-refractivity contribution is 7.17. The van der Waals surface area contributed by atoms with Crippen LogP contribution in [-0.2, 0) is 0 Å². The molecule has 0 saturated heterocycles. The van der Waals surface area contributed by atoms with Gasteiger partial charge in [0.25, 0.3) is 11.8 Å². The van der Waals surface area contributed by atoms with E-state index in [1.54, 1.807) is 46.9 Å². The van der Waals surface area contributed by atoms with Crippen LogP contribution >= 0.6 is 22.7 Å². The molecule has 0 unspecified atom stereocenters. The Morgan fingerprint density at radius 1 is 0.658 bits per heavy atom. The van der Waals surface area contributed by atoms with E-state index in [2.05, 4.69) is 20.6 Å². The molecular formula is C30H30N4O2S2. The molecule has 0 aliphatic carbocycles. The first kappa shape index (κ1) is 27.2. The van der Waals surface area contributed by atoms with Crippen molar-refractivity contribution in [3.63, 3.8) is 0 Å². The van der Waals surface area contributed by atoms with Gasteiger partial charge in [-0.25, -0.2) is 0 Å². The van der Waals surface area contributed by atoms with Crippen molar-refractivity contribution < 1.29 is 9.59 Å². The van der Waals surface area contributed by atoms with E-state index >= 15 is 0 Å². The van der Waals surface area contributed by atoms with E-state index in [9.17, 15) is 9.59 Å². The van der Waals surface area contributed by atoms with Crippen LogP contribution in [0, 0.1) is 27.7 Å². The summed E-state index contributed by atoms with van der Waals surface area (Å²) in [7, 11) is 0. The number of hydrogen-bond acceptors (Lipinski definition) is 6. The highest BCUT2D eigenvalue weighted by Gasteiger charge is 2.15. The number of hydrogen-bond donors (Lipinski definition) is 2. The molecule has 8 heteroatoms. The number of rotatable bonds is 9. The van der Waals surface area contributed by atoms with Crippen LogP contribution in [0.4, 0.5) is 10.0 Å². The van der Waals surface area contributed by atoms with Gasteiger partial charge in [0.2, 0.25) is 0 Å². The molecule has 38 heavy (non-hydrogen) atoms. The standard InChI is InChI=1S/C30H30N4O2S2/c1-19-21(3)37-29(33-27(35)23-11-7-5-8-12-23)25(19)17-31-15-16-32-18-26-20(2)22(4)38-30(26)34-28(36)24-13-9-6-10-14-24/h5-14,17-18H,15-16H2,1-4H3,(H,33,35)(H,34,36). The lowest BCUT2D eigenvalue weighted by Crippen LogP contribution is -2.12. The number of anilines is 2. The Hall–Kier alpha value is -3.88. The lowest BCUT2D eigenvalue weighted by molar-refractivity contribution is 0.101. The predicted octanol–water partition coefficient (Wildman–Crippen LogP) is 7.09. The average molecular weight is 543 g/mol. The second-order valence-corrected chi connectivity index (χ2v) is 11.2. The van der Waals surface area contributed by atoms with Gasteiger partial charge in [0.05, 0.1) is 13.1 Å². The molecule has 0 spiro atoms. The monoisotopic (exact) mass is 542 g/mol. The molecule has 6 nitrogen and oxygen atoms in total. The number of aryl methyl sites for hydroxylation is 2. The highest BCUT2D eigenvalue weighted by atomic mass is 32.1. The van der Waals surface area contributed by atoms with Crippen LogP contribution in [-0.4, -0.2) is 37.3 Å². The molecule has 2 aromatic carbocycles. The minimum atomic E-state index is -0.136. The summed E-state index contributed by atoms with van der Waals surface area (Å²) in [5.41, 5.74) is 5.30. The summed E-state index contributed by atoms with van der Waals surface area (Å²) in [5, 5.41) is 7.65. The van der Waals surface area contributed by atoms with E-state index in [-0.39, 0.29) is 11.8 Å². The lowest BCUT2D eigenvalue weighted by atomic mass is 10.1. The summed E-state index contributed by atoms with van der Waals surface area (Å²) < 4.78 is 0. The van der Waals surface area contributed by atoms with E-state index in [4.69, 9.17) is 0 Å². The van der Waals surface area contributed by atoms with Crippen LogP contribution in [0.25, 0.3) is 0 Å². The molecule has 0 bridgehead atoms. The topological polar surface area (TPSA) is 82.9 Å². The molecule has 0 saturated carbocycles. The minimum absolute atomic E-state index is 0.136. The number of amides is 2. The van der Waals surface area contributed by atoms with Crippen LogP contribution in [0.3, 0.4) is 0 Å². The fourth-order valence-electron chi connectivity index (χ4n) is 3.74. The maximum absolute atomic E-state index is 12.6. The maximum atomic E-state index is 12.6. The van der Waals surface area contributed by atoms with Gasteiger partial charge in [-0.1, -0.05) is 36.4 Å². The van der Waals surface area contributed by atoms with Gasteiger partial charge in [0.15, 0.2) is 0 Å². The van der Waals surface area contributed by atoms with E-state index in [0.29, 0.717) is 24.2 Å². The van der Waals surface area contributed by atoms with Crippen molar-refractivity contribution in [2.75, 3.05) is 23.7 Å². The number of aliphatic imine (C=N–C) groups is 2. The fraction of sp³-hybridized carbons (Fsp3) is 0.200. The molecule has 0 aliphatic rings. The molecule has 4 aromatic rings. The zero-order chi connectivity index (χ0) is 27.1. The van der Waals surface area contributed by atoms with E-state index in [0.717, 1.165) is 42.0 Å². The van der Waals surface area contributed by atoms with Crippen molar-refractivity contribution in [3.05, 3.63) is 104 Å². The Balaban J connectivity index is 1.39. The molecule has 0 atom stereocenters. The number of carbonyl (C=O) groups excluding carboxylic acids is 2. The van der Waals surface area contributed by atoms with Gasteiger partial charge < -0.3 is 10.6 Å². The molecule has 2 aromatic heterocycles. The summed E-state index contributed by atoms with van der Waals surface area (Å²) in [4.78, 5) is 36.7. The van der Waals surface area contributed by atoms with Crippen LogP contribution in [0.2, 0.25) is 0 Å². The van der Waals surface area contributed by atoms with E-state index in [1.165, 1.54) is 0 Å². The number of thiophene rings is 2. The SMILES string of the molecule is Cc1sc(NC(=O)c2ccccc2)c(C=NCCN=Cc2c(NC(=O)c3ccccc3)sc(C)c2C)c1C. The van der Waals surface area contributed by atoms with Gasteiger partial charge >= 0.3 is 0 Å². The first-order chi connectivity index (χ1) is 18.3. The zero-order valence-electron chi connectivity index (χ0n) is 21.9. The quantitative estimate of drug-likeness (QED) is 0.175. The van der Waals surface area contributed by atoms with Gasteiger partial charge in [0.1, 0.15) is 10.0 Å². The summed E-state index contributed by atoms with van der Waals surface area (Å²) >= 11 is 3.10. The second-order valence-electron chi connectivity index (χ2n) is 8.76. The maximum Gasteiger partial charge on any atom is 0.256 e. The molecule has 0 radical (unpaired) electrons. The van der Waals surface area contributed by atoms with Gasteiger partial charge in [-0.15, -0.1) is 22.7 Å². The Morgan fingerprint density at radius 3 is 1.39 bits per heavy atom. The third-order valence-electron chi connectivity index (χ3n) is 6.19. The number of benzene rings is 2. The van der Waals surface area contributed by atoms with Gasteiger partial charge in [-0.2, -0.15) is 0 Å². The Bertz CT molecular complexity index is 1370. The molecule has 2 heterocycles. The van der Waals surface area contributed by atoms with Crippen LogP contribution in [0.15, 0.2) is 70.6 Å². The second kappa shape index (κ2) is 12.6. The van der Waals surface area contributed by atoms with Crippen LogP contribution < -0.4 is 10.6 Å². The normalized spacial score (nSPS) is 11.4. The Morgan fingerprint density at radius 2 is 1.03 bits per heavy atom. The highest BCUT2D eigenvalue weighted by Crippen LogP contribution is 2.32. The smallest absolute Gasteiger partial charge is 0.256 e. The summed E-state index contributed by atoms with van der Waals surface area (Å²) in [5.74, 6) is -0.273. The average Bonchev–Trinajstić information content (AvgIpc) is 3.35. The van der Waals surface area contributed by atoms with Crippen molar-refractivity contribution in [1.29, 1.82) is 0 Å². The third-order valence-corrected chi connectivity index (χ3v) is 8.47. The molecular weight excluding hydrogens is 512 g/mol. The number of nitrogens with zero attached hydrogens (tertiary/aromatic N) is 2. The molecule has 0 fully saturated rings. The van der Waals surface area contributed by atoms with Crippen LogP contribution in [0.5, 0.6) is 0 Å². The summed E-state index contributed by atoms with van der Waals surface area (Å²) in [6, 6.07) is 18.4. The summed E-state index contributed by atoms with van der Waals surface area (Å²) in [6.45, 7) is 9.17. The zero-order valence-corrected chi connectivity index (χ0v) is 23.5. The molecule has 2 N–H and O–H groups in total. The number of carbonyl (C=O) groups is 2. The minimum Gasteiger partial charge on any atom is -0.313 e. The van der Waals surface area contributed by atoms with Crippen LogP contribution in [0.1, 0.15) is 52.7 Å². The molecule has 0 aliphatic heterocycles. The van der Waals surface area contributed by atoms with E-state index < -0.39 is 0 Å². The van der Waals surface area contributed by atoms with Gasteiger partial charge in [0, 0.05) is 44.4 Å². The lowest BCUT2D eigenvalue weighted by Gasteiger charge is -2.05. The molecule has 4 rings (SSSR count). The van der Waals surface area contributed by atoms with Crippen molar-refractivity contribution in [3.8, 4) is 0 Å². The fourth-order valence-corrected chi connectivity index (χ4v) is 5.80. The Kier molecular flexibility index (Phi) is 8.99. The van der Waals surface area contributed by atoms with Crippen molar-refractivity contribution >= 4 is 56.9 Å². The van der Waals surface area contributed by atoms with Crippen molar-refractivity contribution in [2.24, 2.45) is 9.98 Å². The van der Waals surface area contributed by atoms with E-state index in [1.807, 2.05) is 76.5 Å². The van der Waals surface area contributed by atoms with Gasteiger partial charge in [-0.3, -0.25) is 19.6 Å². The first-order valence-corrected chi connectivity index (χ1v) is 13.9. The molecule has 2 amide bonds. The first-order valence-electron chi connectivity index (χ1n) is 12.3. The Labute approximate surface area is 231 Å². The largest absolute Gasteiger partial charge is 0.313 e. The molecule has 194 valence electrons. The van der Waals surface area contributed by atoms with Crippen molar-refractivity contribution in [2.45, 2.75) is 27.7 Å². The third kappa shape index (κ3) is 6.51.